The van der Waals surface area contributed by atoms with Crippen molar-refractivity contribution in [3.63, 3.8) is 0 Å². The maximum atomic E-state index is 12.1. The number of hydrogen-bond acceptors (Lipinski definition) is 5. The minimum atomic E-state index is -0.590. The molecule has 2 aromatic carbocycles. The van der Waals surface area contributed by atoms with Crippen LogP contribution in [0.25, 0.3) is 0 Å². The van der Waals surface area contributed by atoms with Gasteiger partial charge < -0.3 is 15.8 Å². The summed E-state index contributed by atoms with van der Waals surface area (Å²) in [6.07, 6.45) is 0. The number of hydrogen-bond donors (Lipinski definition) is 2. The third kappa shape index (κ3) is 4.53. The largest absolute Gasteiger partial charge is 0.484 e. The van der Waals surface area contributed by atoms with Gasteiger partial charge in [0.2, 0.25) is 0 Å². The van der Waals surface area contributed by atoms with Crippen molar-refractivity contribution in [1.82, 2.24) is 0 Å². The predicted molar refractivity (Wildman–Crippen MR) is 82.2 cm³/mol. The Morgan fingerprint density at radius 1 is 1.17 bits per heavy atom. The molecule has 0 aliphatic rings. The van der Waals surface area contributed by atoms with Crippen molar-refractivity contribution in [2.45, 2.75) is 0 Å². The van der Waals surface area contributed by atoms with Crippen molar-refractivity contribution in [3.8, 4) is 5.75 Å². The number of nitro groups is 1. The molecule has 3 N–H and O–H groups in total. The number of nitro benzene ring substituents is 1. The lowest BCUT2D eigenvalue weighted by Crippen LogP contribution is -2.20. The first-order chi connectivity index (χ1) is 11.0. The van der Waals surface area contributed by atoms with Crippen LogP contribution in [0.2, 0.25) is 0 Å². The lowest BCUT2D eigenvalue weighted by atomic mass is 10.2. The average Bonchev–Trinajstić information content (AvgIpc) is 2.54. The number of nitrogens with two attached hydrogens (primary N) is 1. The summed E-state index contributed by atoms with van der Waals surface area (Å²) in [7, 11) is 0. The van der Waals surface area contributed by atoms with Gasteiger partial charge in [0.1, 0.15) is 5.75 Å². The van der Waals surface area contributed by atoms with Crippen LogP contribution in [0, 0.1) is 10.1 Å². The Labute approximate surface area is 131 Å². The molecule has 23 heavy (non-hydrogen) atoms. The first-order valence-corrected chi connectivity index (χ1v) is 6.52. The van der Waals surface area contributed by atoms with Crippen molar-refractivity contribution < 1.29 is 19.2 Å². The molecule has 118 valence electrons. The highest BCUT2D eigenvalue weighted by molar-refractivity contribution is 6.04. The highest BCUT2D eigenvalue weighted by Crippen LogP contribution is 2.18. The van der Waals surface area contributed by atoms with Crippen molar-refractivity contribution >= 4 is 23.2 Å². The van der Waals surface area contributed by atoms with Gasteiger partial charge in [-0.05, 0) is 30.3 Å². The number of nitrogens with zero attached hydrogens (tertiary/aromatic N) is 1. The van der Waals surface area contributed by atoms with Gasteiger partial charge in [-0.15, -0.1) is 0 Å². The third-order valence-electron chi connectivity index (χ3n) is 2.81. The van der Waals surface area contributed by atoms with Crippen LogP contribution in [0.15, 0.2) is 48.5 Å². The standard InChI is InChI=1S/C15H13N3O5/c16-14(19)9-23-13-6-4-11(5-7-13)17-15(20)10-2-1-3-12(8-10)18(21)22/h1-8H,9H2,(H2,16,19)(H,17,20). The molecule has 0 saturated carbocycles. The Hall–Kier alpha value is -3.42. The molecule has 0 aromatic heterocycles. The molecule has 2 aromatic rings. The van der Waals surface area contributed by atoms with E-state index in [1.807, 2.05) is 0 Å². The fraction of sp³-hybridized carbons (Fsp3) is 0.0667. The van der Waals surface area contributed by atoms with E-state index < -0.39 is 16.7 Å². The van der Waals surface area contributed by atoms with Crippen molar-refractivity contribution in [2.24, 2.45) is 5.73 Å². The second-order valence-electron chi connectivity index (χ2n) is 4.54. The molecule has 0 radical (unpaired) electrons. The zero-order valence-electron chi connectivity index (χ0n) is 11.9. The number of benzene rings is 2. The molecular weight excluding hydrogens is 302 g/mol. The lowest BCUT2D eigenvalue weighted by Gasteiger charge is -2.07. The zero-order valence-corrected chi connectivity index (χ0v) is 11.9. The molecule has 8 nitrogen and oxygen atoms in total. The molecule has 0 atom stereocenters. The minimum Gasteiger partial charge on any atom is -0.484 e. The van der Waals surface area contributed by atoms with Gasteiger partial charge in [0.25, 0.3) is 17.5 Å². The predicted octanol–water partition coefficient (Wildman–Crippen LogP) is 1.71. The number of amides is 2. The SMILES string of the molecule is NC(=O)COc1ccc(NC(=O)c2cccc([N+](=O)[O-])c2)cc1. The second kappa shape index (κ2) is 7.03. The van der Waals surface area contributed by atoms with Gasteiger partial charge in [0, 0.05) is 23.4 Å². The van der Waals surface area contributed by atoms with Gasteiger partial charge in [0.05, 0.1) is 4.92 Å². The van der Waals surface area contributed by atoms with E-state index in [2.05, 4.69) is 5.32 Å². The molecule has 0 heterocycles. The van der Waals surface area contributed by atoms with Gasteiger partial charge in [-0.25, -0.2) is 0 Å². The Bertz CT molecular complexity index is 743. The molecule has 0 bridgehead atoms. The Kier molecular flexibility index (Phi) is 4.88. The average molecular weight is 315 g/mol. The summed E-state index contributed by atoms with van der Waals surface area (Å²) >= 11 is 0. The van der Waals surface area contributed by atoms with Gasteiger partial charge in [-0.1, -0.05) is 6.07 Å². The van der Waals surface area contributed by atoms with Crippen LogP contribution in [-0.2, 0) is 4.79 Å². The van der Waals surface area contributed by atoms with Crippen molar-refractivity contribution in [1.29, 1.82) is 0 Å². The number of carbonyl (C=O) groups is 2. The summed E-state index contributed by atoms with van der Waals surface area (Å²) in [6, 6.07) is 11.7. The van der Waals surface area contributed by atoms with Crippen molar-refractivity contribution in [2.75, 3.05) is 11.9 Å². The number of nitrogens with one attached hydrogen (secondary N) is 1. The molecule has 0 spiro atoms. The Morgan fingerprint density at radius 3 is 2.48 bits per heavy atom. The van der Waals surface area contributed by atoms with Crippen LogP contribution in [0.4, 0.5) is 11.4 Å². The van der Waals surface area contributed by atoms with Crippen LogP contribution in [0.1, 0.15) is 10.4 Å². The molecular formula is C15H13N3O5. The maximum absolute atomic E-state index is 12.1. The summed E-state index contributed by atoms with van der Waals surface area (Å²) in [5.41, 5.74) is 5.46. The van der Waals surface area contributed by atoms with Gasteiger partial charge in [0.15, 0.2) is 6.61 Å². The normalized spacial score (nSPS) is 9.91. The Morgan fingerprint density at radius 2 is 1.87 bits per heavy atom. The van der Waals surface area contributed by atoms with E-state index in [-0.39, 0.29) is 17.9 Å². The van der Waals surface area contributed by atoms with E-state index >= 15 is 0 Å². The topological polar surface area (TPSA) is 125 Å². The summed E-state index contributed by atoms with van der Waals surface area (Å²) < 4.78 is 5.09. The van der Waals surface area contributed by atoms with E-state index in [0.717, 1.165) is 0 Å². The molecule has 0 aliphatic carbocycles. The number of primary amides is 1. The molecule has 8 heteroatoms. The summed E-state index contributed by atoms with van der Waals surface area (Å²) in [4.78, 5) is 32.8. The molecule has 2 rings (SSSR count). The first kappa shape index (κ1) is 16.0. The number of rotatable bonds is 6. The van der Waals surface area contributed by atoms with Crippen LogP contribution < -0.4 is 15.8 Å². The molecule has 0 unspecified atom stereocenters. The summed E-state index contributed by atoms with van der Waals surface area (Å²) in [5, 5.41) is 13.3. The molecule has 2 amide bonds. The second-order valence-corrected chi connectivity index (χ2v) is 4.54. The third-order valence-corrected chi connectivity index (χ3v) is 2.81. The highest BCUT2D eigenvalue weighted by Gasteiger charge is 2.11. The fourth-order valence-corrected chi connectivity index (χ4v) is 1.75. The van der Waals surface area contributed by atoms with Gasteiger partial charge >= 0.3 is 0 Å². The Balaban J connectivity index is 2.04. The molecule has 0 saturated heterocycles. The van der Waals surface area contributed by atoms with E-state index in [4.69, 9.17) is 10.5 Å². The smallest absolute Gasteiger partial charge is 0.270 e. The monoisotopic (exact) mass is 315 g/mol. The fourth-order valence-electron chi connectivity index (χ4n) is 1.75. The summed E-state index contributed by atoms with van der Waals surface area (Å²) in [5.74, 6) is -0.635. The van der Waals surface area contributed by atoms with Crippen molar-refractivity contribution in [3.05, 3.63) is 64.2 Å². The van der Waals surface area contributed by atoms with Crippen LogP contribution in [0.5, 0.6) is 5.75 Å². The number of carbonyl (C=O) groups excluding carboxylic acids is 2. The van der Waals surface area contributed by atoms with E-state index in [9.17, 15) is 19.7 Å². The minimum absolute atomic E-state index is 0.159. The van der Waals surface area contributed by atoms with Crippen LogP contribution in [0.3, 0.4) is 0 Å². The number of ether oxygens (including phenoxy) is 1. The van der Waals surface area contributed by atoms with E-state index in [1.54, 1.807) is 24.3 Å². The number of anilines is 1. The van der Waals surface area contributed by atoms with Gasteiger partial charge in [-0.3, -0.25) is 19.7 Å². The first-order valence-electron chi connectivity index (χ1n) is 6.52. The summed E-state index contributed by atoms with van der Waals surface area (Å²) in [6.45, 7) is -0.237. The zero-order chi connectivity index (χ0) is 16.8. The number of non-ortho nitro benzene ring substituents is 1. The van der Waals surface area contributed by atoms with Crippen LogP contribution in [-0.4, -0.2) is 23.3 Å². The van der Waals surface area contributed by atoms with E-state index in [0.29, 0.717) is 11.4 Å². The quantitative estimate of drug-likeness (QED) is 0.620. The van der Waals surface area contributed by atoms with E-state index in [1.165, 1.54) is 24.3 Å². The van der Waals surface area contributed by atoms with Crippen LogP contribution >= 0.6 is 0 Å². The lowest BCUT2D eigenvalue weighted by molar-refractivity contribution is -0.384. The molecule has 0 fully saturated rings. The molecule has 0 aliphatic heterocycles. The van der Waals surface area contributed by atoms with Gasteiger partial charge in [-0.2, -0.15) is 0 Å². The highest BCUT2D eigenvalue weighted by atomic mass is 16.6. The maximum Gasteiger partial charge on any atom is 0.270 e.